The first-order valence-electron chi connectivity index (χ1n) is 21.7. The summed E-state index contributed by atoms with van der Waals surface area (Å²) < 4.78 is 10.8. The average Bonchev–Trinajstić information content (AvgIpc) is 3.11. The second-order valence-electron chi connectivity index (χ2n) is 14.9. The molecule has 288 valence electrons. The van der Waals surface area contributed by atoms with Gasteiger partial charge in [0.05, 0.1) is 0 Å². The number of rotatable bonds is 40. The molecule has 0 rings (SSSR count). The molecule has 0 saturated heterocycles. The van der Waals surface area contributed by atoms with Crippen LogP contribution in [0.5, 0.6) is 0 Å². The van der Waals surface area contributed by atoms with Crippen molar-refractivity contribution in [3.05, 3.63) is 0 Å². The van der Waals surface area contributed by atoms with Crippen LogP contribution in [-0.4, -0.2) is 36.7 Å². The summed E-state index contributed by atoms with van der Waals surface area (Å²) in [7, 11) is 0. The fourth-order valence-electron chi connectivity index (χ4n) is 6.72. The van der Waals surface area contributed by atoms with Gasteiger partial charge in [0, 0.05) is 0 Å². The van der Waals surface area contributed by atoms with Crippen molar-refractivity contribution in [2.75, 3.05) is 24.7 Å². The third-order valence-electron chi connectivity index (χ3n) is 10.2. The van der Waals surface area contributed by atoms with E-state index in [9.17, 15) is 9.59 Å². The molecule has 0 N–H and O–H groups in total. The van der Waals surface area contributed by atoms with Crippen LogP contribution in [-0.2, 0) is 36.2 Å². The van der Waals surface area contributed by atoms with Gasteiger partial charge >= 0.3 is 210 Å². The number of thiol groups is 2. The molecule has 0 amide bonds. The van der Waals surface area contributed by atoms with Gasteiger partial charge in [-0.2, -0.15) is 0 Å². The molecular weight excluding hydrogens is 698 g/mol. The van der Waals surface area contributed by atoms with Gasteiger partial charge in [-0.15, -0.1) is 0 Å². The summed E-state index contributed by atoms with van der Waals surface area (Å²) in [6.07, 6.45) is 42.5. The van der Waals surface area contributed by atoms with Crippen molar-refractivity contribution in [1.82, 2.24) is 0 Å². The van der Waals surface area contributed by atoms with E-state index in [1.54, 1.807) is 0 Å². The molecule has 49 heavy (non-hydrogen) atoms. The van der Waals surface area contributed by atoms with Crippen molar-refractivity contribution in [2.24, 2.45) is 0 Å². The van der Waals surface area contributed by atoms with Crippen LogP contribution in [0.1, 0.15) is 219 Å². The molecule has 0 saturated carbocycles. The number of hydrogen-bond donors (Lipinski definition) is 2. The van der Waals surface area contributed by atoms with Gasteiger partial charge in [-0.3, -0.25) is 0 Å². The molecule has 0 aromatic carbocycles. The second-order valence-corrected chi connectivity index (χ2v) is 20.8. The predicted octanol–water partition coefficient (Wildman–Crippen LogP) is 14.1. The monoisotopic (exact) mass is 778 g/mol. The van der Waals surface area contributed by atoms with Gasteiger partial charge in [0.1, 0.15) is 0 Å². The van der Waals surface area contributed by atoms with E-state index < -0.39 is 17.1 Å². The SMILES string of the molecule is CCCCCCCCCCCCCCCCCCOC(=O)[CH](CS)[Zn][CH](CS)C(=O)OCCCCCCCCCCCCCCCCCC. The summed E-state index contributed by atoms with van der Waals surface area (Å²) >= 11 is 7.26. The van der Waals surface area contributed by atoms with Crippen LogP contribution in [0.2, 0.25) is 9.02 Å². The van der Waals surface area contributed by atoms with Crippen molar-refractivity contribution in [2.45, 2.75) is 228 Å². The third-order valence-corrected chi connectivity index (χ3v) is 18.1. The Labute approximate surface area is 324 Å². The van der Waals surface area contributed by atoms with Crippen LogP contribution in [0.15, 0.2) is 0 Å². The number of unbranched alkanes of at least 4 members (excludes halogenated alkanes) is 30. The Bertz CT molecular complexity index is 640. The van der Waals surface area contributed by atoms with Crippen molar-refractivity contribution < 1.29 is 36.2 Å². The first-order chi connectivity index (χ1) is 24.1. The van der Waals surface area contributed by atoms with E-state index in [0.717, 1.165) is 25.7 Å². The van der Waals surface area contributed by atoms with Crippen LogP contribution in [0.25, 0.3) is 0 Å². The molecule has 2 unspecified atom stereocenters. The zero-order valence-electron chi connectivity index (χ0n) is 32.8. The number of esters is 2. The zero-order valence-corrected chi connectivity index (χ0v) is 37.6. The first-order valence-corrected chi connectivity index (χ1v) is 26.3. The normalized spacial score (nSPS) is 12.5. The Hall–Kier alpha value is 0.263. The number of carbonyl (C=O) groups is 2. The van der Waals surface area contributed by atoms with Crippen LogP contribution in [0, 0.1) is 0 Å². The number of ether oxygens (including phenoxy) is 2. The maximum absolute atomic E-state index is 12.7. The summed E-state index contributed by atoms with van der Waals surface area (Å²) in [6.45, 7) is 5.53. The van der Waals surface area contributed by atoms with Crippen LogP contribution >= 0.6 is 25.3 Å². The molecule has 0 aromatic heterocycles. The Kier molecular flexibility index (Phi) is 41.2. The molecule has 0 radical (unpaired) electrons. The van der Waals surface area contributed by atoms with E-state index >= 15 is 0 Å². The first kappa shape index (κ1) is 49.3. The van der Waals surface area contributed by atoms with Crippen molar-refractivity contribution >= 4 is 37.2 Å². The smallest absolute Gasteiger partial charge is 0.0654 e. The van der Waals surface area contributed by atoms with Crippen LogP contribution in [0.3, 0.4) is 0 Å². The minimum absolute atomic E-state index is 0.159. The Morgan fingerprint density at radius 1 is 0.388 bits per heavy atom. The third kappa shape index (κ3) is 35.1. The summed E-state index contributed by atoms with van der Waals surface area (Å²) in [4.78, 5) is 25.5. The number of hydrogen-bond acceptors (Lipinski definition) is 6. The summed E-state index contributed by atoms with van der Waals surface area (Å²) in [6, 6.07) is 0. The Morgan fingerprint density at radius 2 is 0.592 bits per heavy atom. The van der Waals surface area contributed by atoms with E-state index in [-0.39, 0.29) is 21.0 Å². The summed E-state index contributed by atoms with van der Waals surface area (Å²) in [5.41, 5.74) is 0. The fourth-order valence-corrected chi connectivity index (χ4v) is 11.9. The molecule has 7 heteroatoms. The maximum atomic E-state index is 12.7. The molecule has 0 aromatic rings. The van der Waals surface area contributed by atoms with Gasteiger partial charge in [-0.25, -0.2) is 0 Å². The second kappa shape index (κ2) is 41.0. The molecule has 0 aliphatic rings. The molecule has 0 heterocycles. The predicted molar refractivity (Wildman–Crippen MR) is 216 cm³/mol. The van der Waals surface area contributed by atoms with Gasteiger partial charge < -0.3 is 0 Å². The molecule has 0 fully saturated rings. The molecule has 2 atom stereocenters. The summed E-state index contributed by atoms with van der Waals surface area (Å²) in [5, 5.41) is 0. The zero-order chi connectivity index (χ0) is 35.9. The minimum Gasteiger partial charge on any atom is -0.0654 e. The standard InChI is InChI=1S/2C21H41O2S.Zn/c2*1-2-3-4-5-6-7-8-9-10-11-12-13-14-15-16-17-19-23-21(22)18-20-24;/h2*18,24H,2-17,19-20H2,1H3;. The van der Waals surface area contributed by atoms with E-state index in [0.29, 0.717) is 24.7 Å². The van der Waals surface area contributed by atoms with Crippen molar-refractivity contribution in [3.8, 4) is 0 Å². The molecule has 0 bridgehead atoms. The number of carbonyl (C=O) groups excluding carboxylic acids is 2. The van der Waals surface area contributed by atoms with E-state index in [1.165, 1.54) is 180 Å². The Balaban J connectivity index is 3.70. The quantitative estimate of drug-likeness (QED) is 0.0281. The van der Waals surface area contributed by atoms with Gasteiger partial charge in [-0.05, 0) is 0 Å². The van der Waals surface area contributed by atoms with Gasteiger partial charge in [0.15, 0.2) is 0 Å². The van der Waals surface area contributed by atoms with E-state index in [4.69, 9.17) is 9.47 Å². The van der Waals surface area contributed by atoms with Gasteiger partial charge in [-0.1, -0.05) is 117 Å². The van der Waals surface area contributed by atoms with E-state index in [1.807, 2.05) is 0 Å². The van der Waals surface area contributed by atoms with Crippen LogP contribution in [0.4, 0.5) is 0 Å². The molecule has 0 aliphatic heterocycles. The average molecular weight is 781 g/mol. The van der Waals surface area contributed by atoms with Gasteiger partial charge in [0.2, 0.25) is 0 Å². The molecule has 0 aliphatic carbocycles. The molecule has 0 spiro atoms. The summed E-state index contributed by atoms with van der Waals surface area (Å²) in [5.74, 6) is 0.588. The van der Waals surface area contributed by atoms with E-state index in [2.05, 4.69) is 39.1 Å². The Morgan fingerprint density at radius 3 is 0.796 bits per heavy atom. The molecule has 4 nitrogen and oxygen atoms in total. The van der Waals surface area contributed by atoms with Crippen LogP contribution < -0.4 is 0 Å². The fraction of sp³-hybridized carbons (Fsp3) is 0.952. The topological polar surface area (TPSA) is 52.6 Å². The molecular formula is C42H82O4S2Zn. The van der Waals surface area contributed by atoms with Crippen molar-refractivity contribution in [3.63, 3.8) is 0 Å². The van der Waals surface area contributed by atoms with Gasteiger partial charge in [0.25, 0.3) is 0 Å². The van der Waals surface area contributed by atoms with Crippen molar-refractivity contribution in [1.29, 1.82) is 0 Å². The minimum atomic E-state index is -1.61.